The van der Waals surface area contributed by atoms with E-state index in [0.29, 0.717) is 0 Å². The van der Waals surface area contributed by atoms with Crippen molar-refractivity contribution in [2.75, 3.05) is 11.9 Å². The van der Waals surface area contributed by atoms with Crippen LogP contribution in [-0.4, -0.2) is 12.7 Å². The average Bonchev–Trinajstić information content (AvgIpc) is 2.05. The van der Waals surface area contributed by atoms with Gasteiger partial charge >= 0.3 is 0 Å². The molecule has 0 aliphatic rings. The SMILES string of the molecule is NC(N)CCNc1ccccc1. The summed E-state index contributed by atoms with van der Waals surface area (Å²) in [6, 6.07) is 10.00. The summed E-state index contributed by atoms with van der Waals surface area (Å²) in [4.78, 5) is 0. The molecule has 0 amide bonds. The first-order valence-electron chi connectivity index (χ1n) is 4.09. The number of benzene rings is 1. The van der Waals surface area contributed by atoms with Crippen molar-refractivity contribution in [1.82, 2.24) is 0 Å². The van der Waals surface area contributed by atoms with Crippen LogP contribution < -0.4 is 16.8 Å². The topological polar surface area (TPSA) is 64.1 Å². The Kier molecular flexibility index (Phi) is 3.57. The highest BCUT2D eigenvalue weighted by Gasteiger charge is 1.93. The van der Waals surface area contributed by atoms with Gasteiger partial charge in [-0.2, -0.15) is 0 Å². The fraction of sp³-hybridized carbons (Fsp3) is 0.333. The van der Waals surface area contributed by atoms with Gasteiger partial charge in [0.25, 0.3) is 0 Å². The van der Waals surface area contributed by atoms with Crippen LogP contribution in [0.15, 0.2) is 30.3 Å². The number of nitrogens with one attached hydrogen (secondary N) is 1. The maximum absolute atomic E-state index is 5.39. The summed E-state index contributed by atoms with van der Waals surface area (Å²) in [5.74, 6) is 0. The first-order chi connectivity index (χ1) is 5.79. The average molecular weight is 165 g/mol. The van der Waals surface area contributed by atoms with Crippen molar-refractivity contribution in [3.05, 3.63) is 30.3 Å². The van der Waals surface area contributed by atoms with E-state index in [4.69, 9.17) is 11.5 Å². The normalized spacial score (nSPS) is 10.2. The molecule has 66 valence electrons. The summed E-state index contributed by atoms with van der Waals surface area (Å²) in [5, 5.41) is 3.22. The molecule has 0 fully saturated rings. The second-order valence-corrected chi connectivity index (χ2v) is 2.75. The third kappa shape index (κ3) is 3.37. The van der Waals surface area contributed by atoms with Gasteiger partial charge in [0.05, 0.1) is 6.17 Å². The summed E-state index contributed by atoms with van der Waals surface area (Å²) in [5.41, 5.74) is 11.9. The van der Waals surface area contributed by atoms with Crippen molar-refractivity contribution in [2.45, 2.75) is 12.6 Å². The Labute approximate surface area is 72.8 Å². The predicted molar refractivity (Wildman–Crippen MR) is 51.7 cm³/mol. The zero-order valence-corrected chi connectivity index (χ0v) is 7.03. The zero-order chi connectivity index (χ0) is 8.81. The largest absolute Gasteiger partial charge is 0.385 e. The quantitative estimate of drug-likeness (QED) is 0.576. The maximum atomic E-state index is 5.39. The van der Waals surface area contributed by atoms with Crippen molar-refractivity contribution in [2.24, 2.45) is 11.5 Å². The van der Waals surface area contributed by atoms with E-state index in [1.807, 2.05) is 30.3 Å². The van der Waals surface area contributed by atoms with Crippen LogP contribution in [0.5, 0.6) is 0 Å². The Hall–Kier alpha value is -1.06. The first-order valence-corrected chi connectivity index (χ1v) is 4.09. The molecule has 1 aromatic rings. The summed E-state index contributed by atoms with van der Waals surface area (Å²) < 4.78 is 0. The van der Waals surface area contributed by atoms with Gasteiger partial charge in [-0.25, -0.2) is 0 Å². The second kappa shape index (κ2) is 4.74. The van der Waals surface area contributed by atoms with E-state index < -0.39 is 0 Å². The molecule has 3 nitrogen and oxygen atoms in total. The molecule has 5 N–H and O–H groups in total. The number of nitrogens with two attached hydrogens (primary N) is 2. The molecular weight excluding hydrogens is 150 g/mol. The standard InChI is InChI=1S/C9H15N3/c10-9(11)6-7-12-8-4-2-1-3-5-8/h1-5,9,12H,6-7,10-11H2. The van der Waals surface area contributed by atoms with Gasteiger partial charge < -0.3 is 16.8 Å². The van der Waals surface area contributed by atoms with E-state index in [9.17, 15) is 0 Å². The number of hydrogen-bond acceptors (Lipinski definition) is 3. The molecule has 12 heavy (non-hydrogen) atoms. The van der Waals surface area contributed by atoms with Crippen LogP contribution in [0.1, 0.15) is 6.42 Å². The van der Waals surface area contributed by atoms with E-state index in [0.717, 1.165) is 18.7 Å². The fourth-order valence-electron chi connectivity index (χ4n) is 0.939. The molecule has 0 bridgehead atoms. The Bertz CT molecular complexity index is 208. The number of hydrogen-bond donors (Lipinski definition) is 3. The van der Waals surface area contributed by atoms with Gasteiger partial charge in [0.1, 0.15) is 0 Å². The van der Waals surface area contributed by atoms with Crippen molar-refractivity contribution >= 4 is 5.69 Å². The Morgan fingerprint density at radius 1 is 1.17 bits per heavy atom. The van der Waals surface area contributed by atoms with Crippen LogP contribution in [0.4, 0.5) is 5.69 Å². The molecule has 0 saturated carbocycles. The van der Waals surface area contributed by atoms with Crippen LogP contribution in [0.3, 0.4) is 0 Å². The molecular formula is C9H15N3. The van der Waals surface area contributed by atoms with Crippen LogP contribution in [0.2, 0.25) is 0 Å². The molecule has 0 heterocycles. The number of para-hydroxylation sites is 1. The van der Waals surface area contributed by atoms with Crippen LogP contribution in [0.25, 0.3) is 0 Å². The van der Waals surface area contributed by atoms with Gasteiger partial charge in [0.15, 0.2) is 0 Å². The van der Waals surface area contributed by atoms with E-state index in [2.05, 4.69) is 5.32 Å². The van der Waals surface area contributed by atoms with Crippen LogP contribution in [0, 0.1) is 0 Å². The Morgan fingerprint density at radius 3 is 2.42 bits per heavy atom. The Balaban J connectivity index is 2.25. The first kappa shape index (κ1) is 9.03. The lowest BCUT2D eigenvalue weighted by Gasteiger charge is -2.07. The lowest BCUT2D eigenvalue weighted by Crippen LogP contribution is -2.32. The van der Waals surface area contributed by atoms with Crippen LogP contribution >= 0.6 is 0 Å². The second-order valence-electron chi connectivity index (χ2n) is 2.75. The maximum Gasteiger partial charge on any atom is 0.0537 e. The molecule has 0 unspecified atom stereocenters. The molecule has 3 heteroatoms. The highest BCUT2D eigenvalue weighted by Crippen LogP contribution is 2.04. The number of rotatable bonds is 4. The highest BCUT2D eigenvalue weighted by atomic mass is 14.9. The molecule has 1 rings (SSSR count). The van der Waals surface area contributed by atoms with Gasteiger partial charge in [-0.1, -0.05) is 18.2 Å². The number of anilines is 1. The van der Waals surface area contributed by atoms with Crippen molar-refractivity contribution in [3.63, 3.8) is 0 Å². The summed E-state index contributed by atoms with van der Waals surface area (Å²) >= 11 is 0. The van der Waals surface area contributed by atoms with Gasteiger partial charge in [-0.05, 0) is 18.6 Å². The predicted octanol–water partition coefficient (Wildman–Crippen LogP) is 0.732. The van der Waals surface area contributed by atoms with Crippen molar-refractivity contribution < 1.29 is 0 Å². The van der Waals surface area contributed by atoms with Crippen molar-refractivity contribution in [1.29, 1.82) is 0 Å². The minimum atomic E-state index is -0.221. The van der Waals surface area contributed by atoms with Gasteiger partial charge in [0.2, 0.25) is 0 Å². The summed E-state index contributed by atoms with van der Waals surface area (Å²) in [6.45, 7) is 0.821. The molecule has 1 aromatic carbocycles. The molecule has 0 spiro atoms. The van der Waals surface area contributed by atoms with E-state index in [1.54, 1.807) is 0 Å². The Morgan fingerprint density at radius 2 is 1.83 bits per heavy atom. The molecule has 0 saturated heterocycles. The van der Waals surface area contributed by atoms with Crippen LogP contribution in [-0.2, 0) is 0 Å². The monoisotopic (exact) mass is 165 g/mol. The van der Waals surface area contributed by atoms with Crippen molar-refractivity contribution in [3.8, 4) is 0 Å². The van der Waals surface area contributed by atoms with E-state index in [1.165, 1.54) is 0 Å². The summed E-state index contributed by atoms with van der Waals surface area (Å²) in [6.07, 6.45) is 0.566. The minimum Gasteiger partial charge on any atom is -0.385 e. The molecule has 0 aliphatic heterocycles. The lowest BCUT2D eigenvalue weighted by atomic mass is 10.3. The summed E-state index contributed by atoms with van der Waals surface area (Å²) in [7, 11) is 0. The molecule has 0 radical (unpaired) electrons. The van der Waals surface area contributed by atoms with Gasteiger partial charge in [-0.15, -0.1) is 0 Å². The van der Waals surface area contributed by atoms with Gasteiger partial charge in [0, 0.05) is 12.2 Å². The van der Waals surface area contributed by atoms with E-state index in [-0.39, 0.29) is 6.17 Å². The molecule has 0 aromatic heterocycles. The molecule has 0 atom stereocenters. The molecule has 0 aliphatic carbocycles. The third-order valence-electron chi connectivity index (χ3n) is 1.58. The highest BCUT2D eigenvalue weighted by molar-refractivity contribution is 5.42. The zero-order valence-electron chi connectivity index (χ0n) is 7.03. The lowest BCUT2D eigenvalue weighted by molar-refractivity contribution is 0.661. The minimum absolute atomic E-state index is 0.221. The smallest absolute Gasteiger partial charge is 0.0537 e. The van der Waals surface area contributed by atoms with Gasteiger partial charge in [-0.3, -0.25) is 0 Å². The van der Waals surface area contributed by atoms with E-state index >= 15 is 0 Å². The third-order valence-corrected chi connectivity index (χ3v) is 1.58. The fourth-order valence-corrected chi connectivity index (χ4v) is 0.939.